The van der Waals surface area contributed by atoms with E-state index < -0.39 is 0 Å². The Kier molecular flexibility index (Phi) is 6.85. The van der Waals surface area contributed by atoms with Crippen molar-refractivity contribution in [2.75, 3.05) is 7.05 Å². The van der Waals surface area contributed by atoms with Crippen molar-refractivity contribution in [2.24, 2.45) is 0 Å². The smallest absolute Gasteiger partial charge is 0.253 e. The predicted molar refractivity (Wildman–Crippen MR) is 115 cm³/mol. The number of thioether (sulfide) groups is 1. The Balaban J connectivity index is 0.00000210. The quantitative estimate of drug-likeness (QED) is 0.732. The SMILES string of the molecule is CN(C(=O)c1ccc(SCc2ccccc2)cc1)C1CC2CCC(C1)N2.Cl. The number of amides is 1. The lowest BCUT2D eigenvalue weighted by Crippen LogP contribution is -2.48. The van der Waals surface area contributed by atoms with Gasteiger partial charge in [-0.1, -0.05) is 30.3 Å². The second-order valence-corrected chi connectivity index (χ2v) is 8.53. The molecule has 0 spiro atoms. The molecule has 2 bridgehead atoms. The number of rotatable bonds is 5. The molecule has 5 heteroatoms. The number of nitrogens with one attached hydrogen (secondary N) is 1. The van der Waals surface area contributed by atoms with Crippen molar-refractivity contribution in [2.45, 2.75) is 54.5 Å². The molecule has 2 unspecified atom stereocenters. The molecule has 2 atom stereocenters. The maximum atomic E-state index is 12.9. The third-order valence-electron chi connectivity index (χ3n) is 5.67. The topological polar surface area (TPSA) is 32.3 Å². The fourth-order valence-corrected chi connectivity index (χ4v) is 5.00. The summed E-state index contributed by atoms with van der Waals surface area (Å²) in [6, 6.07) is 20.1. The first-order chi connectivity index (χ1) is 12.7. The van der Waals surface area contributed by atoms with Gasteiger partial charge in [-0.05, 0) is 55.5 Å². The summed E-state index contributed by atoms with van der Waals surface area (Å²) in [5, 5.41) is 3.65. The lowest BCUT2D eigenvalue weighted by Gasteiger charge is -2.35. The van der Waals surface area contributed by atoms with Crippen LogP contribution in [0.15, 0.2) is 59.5 Å². The van der Waals surface area contributed by atoms with Gasteiger partial charge in [0.1, 0.15) is 0 Å². The molecule has 1 amide bonds. The monoisotopic (exact) mass is 402 g/mol. The van der Waals surface area contributed by atoms with Crippen molar-refractivity contribution in [3.05, 3.63) is 65.7 Å². The van der Waals surface area contributed by atoms with Crippen LogP contribution in [0.2, 0.25) is 0 Å². The number of benzene rings is 2. The number of halogens is 1. The van der Waals surface area contributed by atoms with Gasteiger partial charge in [0.05, 0.1) is 0 Å². The van der Waals surface area contributed by atoms with E-state index in [2.05, 4.69) is 41.7 Å². The Labute approximate surface area is 172 Å². The number of piperidine rings is 1. The van der Waals surface area contributed by atoms with E-state index in [1.54, 1.807) is 11.8 Å². The highest BCUT2D eigenvalue weighted by Crippen LogP contribution is 2.30. The fourth-order valence-electron chi connectivity index (χ4n) is 4.15. The van der Waals surface area contributed by atoms with E-state index in [-0.39, 0.29) is 18.3 Å². The predicted octanol–water partition coefficient (Wildman–Crippen LogP) is 4.76. The first-order valence-electron chi connectivity index (χ1n) is 9.49. The Morgan fingerprint density at radius 2 is 1.67 bits per heavy atom. The molecule has 0 radical (unpaired) electrons. The maximum absolute atomic E-state index is 12.9. The van der Waals surface area contributed by atoms with Gasteiger partial charge in [0.25, 0.3) is 5.91 Å². The third kappa shape index (κ3) is 4.87. The molecule has 0 aromatic heterocycles. The largest absolute Gasteiger partial charge is 0.339 e. The van der Waals surface area contributed by atoms with E-state index in [1.807, 2.05) is 30.1 Å². The van der Waals surface area contributed by atoms with Crippen LogP contribution in [0.3, 0.4) is 0 Å². The Morgan fingerprint density at radius 1 is 1.04 bits per heavy atom. The van der Waals surface area contributed by atoms with Gasteiger partial charge >= 0.3 is 0 Å². The van der Waals surface area contributed by atoms with Gasteiger partial charge in [-0.3, -0.25) is 4.79 Å². The molecule has 2 saturated heterocycles. The molecular weight excluding hydrogens is 376 g/mol. The number of fused-ring (bicyclic) bond motifs is 2. The summed E-state index contributed by atoms with van der Waals surface area (Å²) in [5.41, 5.74) is 2.11. The summed E-state index contributed by atoms with van der Waals surface area (Å²) in [6.45, 7) is 0. The molecule has 2 aliphatic heterocycles. The lowest BCUT2D eigenvalue weighted by atomic mass is 9.98. The zero-order valence-corrected chi connectivity index (χ0v) is 17.3. The molecule has 2 aromatic rings. The molecule has 27 heavy (non-hydrogen) atoms. The molecule has 2 aliphatic rings. The van der Waals surface area contributed by atoms with Gasteiger partial charge in [-0.2, -0.15) is 0 Å². The van der Waals surface area contributed by atoms with Crippen molar-refractivity contribution < 1.29 is 4.79 Å². The summed E-state index contributed by atoms with van der Waals surface area (Å²) in [5.74, 6) is 1.10. The number of hydrogen-bond donors (Lipinski definition) is 1. The summed E-state index contributed by atoms with van der Waals surface area (Å²) < 4.78 is 0. The highest BCUT2D eigenvalue weighted by atomic mass is 35.5. The minimum atomic E-state index is 0. The molecule has 0 aliphatic carbocycles. The molecular formula is C22H27ClN2OS. The van der Waals surface area contributed by atoms with Crippen LogP contribution in [0.1, 0.15) is 41.6 Å². The molecule has 144 valence electrons. The highest BCUT2D eigenvalue weighted by Gasteiger charge is 2.36. The number of carbonyl (C=O) groups excluding carboxylic acids is 1. The fraction of sp³-hybridized carbons (Fsp3) is 0.409. The molecule has 4 rings (SSSR count). The Morgan fingerprint density at radius 3 is 2.30 bits per heavy atom. The van der Waals surface area contributed by atoms with Crippen LogP contribution in [0.5, 0.6) is 0 Å². The Hall–Kier alpha value is -1.49. The Bertz CT molecular complexity index is 741. The van der Waals surface area contributed by atoms with Crippen molar-refractivity contribution in [3.63, 3.8) is 0 Å². The van der Waals surface area contributed by atoms with Gasteiger partial charge in [0.2, 0.25) is 0 Å². The van der Waals surface area contributed by atoms with E-state index in [0.29, 0.717) is 18.1 Å². The van der Waals surface area contributed by atoms with Gasteiger partial charge in [0.15, 0.2) is 0 Å². The molecule has 2 heterocycles. The van der Waals surface area contributed by atoms with Gasteiger partial charge in [-0.25, -0.2) is 0 Å². The first-order valence-corrected chi connectivity index (χ1v) is 10.5. The molecule has 2 fully saturated rings. The van der Waals surface area contributed by atoms with Crippen molar-refractivity contribution in [3.8, 4) is 0 Å². The third-order valence-corrected chi connectivity index (χ3v) is 6.75. The first kappa shape index (κ1) is 20.2. The molecule has 1 N–H and O–H groups in total. The number of carbonyl (C=O) groups is 1. The van der Waals surface area contributed by atoms with E-state index in [4.69, 9.17) is 0 Å². The minimum absolute atomic E-state index is 0. The van der Waals surface area contributed by atoms with Crippen molar-refractivity contribution in [1.29, 1.82) is 0 Å². The van der Waals surface area contributed by atoms with Gasteiger partial charge < -0.3 is 10.2 Å². The van der Waals surface area contributed by atoms with Gasteiger partial charge in [-0.15, -0.1) is 24.2 Å². The zero-order chi connectivity index (χ0) is 17.9. The average molecular weight is 403 g/mol. The van der Waals surface area contributed by atoms with Crippen LogP contribution in [0.4, 0.5) is 0 Å². The minimum Gasteiger partial charge on any atom is -0.339 e. The summed E-state index contributed by atoms with van der Waals surface area (Å²) in [4.78, 5) is 16.0. The standard InChI is InChI=1S/C22H26N2OS.ClH/c1-24(20-13-18-9-10-19(14-20)23-18)22(25)17-7-11-21(12-8-17)26-15-16-5-3-2-4-6-16;/h2-8,11-12,18-20,23H,9-10,13-15H2,1H3;1H. The second kappa shape index (κ2) is 9.13. The van der Waals surface area contributed by atoms with Crippen LogP contribution in [0, 0.1) is 0 Å². The normalized spacial score (nSPS) is 23.5. The zero-order valence-electron chi connectivity index (χ0n) is 15.6. The van der Waals surface area contributed by atoms with Crippen LogP contribution >= 0.6 is 24.2 Å². The summed E-state index contributed by atoms with van der Waals surface area (Å²) in [6.07, 6.45) is 4.70. The van der Waals surface area contributed by atoms with E-state index in [9.17, 15) is 4.79 Å². The summed E-state index contributed by atoms with van der Waals surface area (Å²) >= 11 is 1.81. The highest BCUT2D eigenvalue weighted by molar-refractivity contribution is 7.98. The average Bonchev–Trinajstić information content (AvgIpc) is 3.04. The van der Waals surface area contributed by atoms with Crippen LogP contribution in [-0.4, -0.2) is 36.0 Å². The van der Waals surface area contributed by atoms with E-state index in [1.165, 1.54) is 23.3 Å². The van der Waals surface area contributed by atoms with Crippen LogP contribution in [-0.2, 0) is 5.75 Å². The maximum Gasteiger partial charge on any atom is 0.253 e. The second-order valence-electron chi connectivity index (χ2n) is 7.48. The lowest BCUT2D eigenvalue weighted by molar-refractivity contribution is 0.0681. The molecule has 2 aromatic carbocycles. The van der Waals surface area contributed by atoms with E-state index >= 15 is 0 Å². The summed E-state index contributed by atoms with van der Waals surface area (Å²) in [7, 11) is 1.97. The van der Waals surface area contributed by atoms with Crippen LogP contribution < -0.4 is 5.32 Å². The van der Waals surface area contributed by atoms with Crippen LogP contribution in [0.25, 0.3) is 0 Å². The number of nitrogens with zero attached hydrogens (tertiary/aromatic N) is 1. The van der Waals surface area contributed by atoms with Crippen molar-refractivity contribution in [1.82, 2.24) is 10.2 Å². The molecule has 3 nitrogen and oxygen atoms in total. The molecule has 0 saturated carbocycles. The van der Waals surface area contributed by atoms with Crippen molar-refractivity contribution >= 4 is 30.1 Å². The van der Waals surface area contributed by atoms with E-state index in [0.717, 1.165) is 24.2 Å². The van der Waals surface area contributed by atoms with Gasteiger partial charge in [0, 0.05) is 41.4 Å². The number of hydrogen-bond acceptors (Lipinski definition) is 3.